The van der Waals surface area contributed by atoms with E-state index in [9.17, 15) is 0 Å². The molecule has 0 spiro atoms. The first-order valence-electron chi connectivity index (χ1n) is 7.60. The lowest BCUT2D eigenvalue weighted by Gasteiger charge is -1.99. The summed E-state index contributed by atoms with van der Waals surface area (Å²) < 4.78 is 0. The van der Waals surface area contributed by atoms with Crippen molar-refractivity contribution in [2.75, 3.05) is 0 Å². The summed E-state index contributed by atoms with van der Waals surface area (Å²) >= 11 is 0. The second-order valence-corrected chi connectivity index (χ2v) is 4.90. The van der Waals surface area contributed by atoms with Crippen LogP contribution >= 0.6 is 0 Å². The van der Waals surface area contributed by atoms with Crippen molar-refractivity contribution in [1.82, 2.24) is 0 Å². The zero-order chi connectivity index (χ0) is 12.6. The van der Waals surface area contributed by atoms with Crippen molar-refractivity contribution in [2.24, 2.45) is 0 Å². The van der Waals surface area contributed by atoms with Crippen LogP contribution in [0.15, 0.2) is 18.2 Å². The van der Waals surface area contributed by atoms with Crippen molar-refractivity contribution in [1.29, 1.82) is 0 Å². The largest absolute Gasteiger partial charge is 0.0885 e. The first-order valence-corrected chi connectivity index (χ1v) is 7.60. The van der Waals surface area contributed by atoms with Gasteiger partial charge in [0.15, 0.2) is 0 Å². The van der Waals surface area contributed by atoms with Gasteiger partial charge in [0, 0.05) is 0 Å². The zero-order valence-corrected chi connectivity index (χ0v) is 11.8. The van der Waals surface area contributed by atoms with E-state index in [1.165, 1.54) is 70.6 Å². The highest BCUT2D eigenvalue weighted by Crippen LogP contribution is 2.10. The highest BCUT2D eigenvalue weighted by atomic mass is 14.0. The Morgan fingerprint density at radius 3 is 1.76 bits per heavy atom. The summed E-state index contributed by atoms with van der Waals surface area (Å²) in [4.78, 5) is 0. The quantitative estimate of drug-likeness (QED) is 0.262. The lowest BCUT2D eigenvalue weighted by Crippen LogP contribution is -1.80. The molecule has 0 aromatic carbocycles. The lowest BCUT2D eigenvalue weighted by molar-refractivity contribution is 0.577. The third-order valence-corrected chi connectivity index (χ3v) is 3.13. The number of allylic oxidation sites excluding steroid dienone is 3. The molecule has 17 heavy (non-hydrogen) atoms. The van der Waals surface area contributed by atoms with Crippen LogP contribution in [0, 0.1) is 6.58 Å². The summed E-state index contributed by atoms with van der Waals surface area (Å²) in [5, 5.41) is 0. The van der Waals surface area contributed by atoms with Gasteiger partial charge in [0.1, 0.15) is 0 Å². The van der Waals surface area contributed by atoms with Crippen LogP contribution in [0.5, 0.6) is 0 Å². The van der Waals surface area contributed by atoms with Gasteiger partial charge in [-0.15, -0.1) is 0 Å². The van der Waals surface area contributed by atoms with Gasteiger partial charge in [-0.2, -0.15) is 0 Å². The van der Waals surface area contributed by atoms with Gasteiger partial charge in [-0.1, -0.05) is 76.7 Å². The normalized spacial score (nSPS) is 11.1. The molecule has 0 nitrogen and oxygen atoms in total. The van der Waals surface area contributed by atoms with E-state index in [4.69, 9.17) is 6.58 Å². The predicted octanol–water partition coefficient (Wildman–Crippen LogP) is 6.23. The third-order valence-electron chi connectivity index (χ3n) is 3.13. The SMILES string of the molecule is [CH]=CCCCC=CCCCCCCCCCC. The number of rotatable bonds is 13. The van der Waals surface area contributed by atoms with E-state index >= 15 is 0 Å². The van der Waals surface area contributed by atoms with Crippen molar-refractivity contribution in [3.05, 3.63) is 24.8 Å². The van der Waals surface area contributed by atoms with E-state index < -0.39 is 0 Å². The maximum Gasteiger partial charge on any atom is -0.0345 e. The first kappa shape index (κ1) is 16.5. The van der Waals surface area contributed by atoms with E-state index in [1.54, 1.807) is 6.08 Å². The van der Waals surface area contributed by atoms with Gasteiger partial charge < -0.3 is 0 Å². The van der Waals surface area contributed by atoms with Crippen molar-refractivity contribution in [3.8, 4) is 0 Å². The standard InChI is InChI=1S/C17H31/c1-3-5-7-9-11-13-15-17-16-14-12-10-8-6-4-2/h1,3,11,13H,4-10,12,14-17H2,2H3. The molecule has 0 unspecified atom stereocenters. The van der Waals surface area contributed by atoms with E-state index in [0.717, 1.165) is 6.42 Å². The Hall–Kier alpha value is -0.520. The van der Waals surface area contributed by atoms with E-state index in [2.05, 4.69) is 19.1 Å². The molecular weight excluding hydrogens is 204 g/mol. The molecule has 0 atom stereocenters. The molecule has 0 aliphatic carbocycles. The first-order chi connectivity index (χ1) is 8.41. The van der Waals surface area contributed by atoms with Gasteiger partial charge >= 0.3 is 0 Å². The van der Waals surface area contributed by atoms with Crippen LogP contribution in [0.4, 0.5) is 0 Å². The summed E-state index contributed by atoms with van der Waals surface area (Å²) in [7, 11) is 0. The Balaban J connectivity index is 3.00. The summed E-state index contributed by atoms with van der Waals surface area (Å²) in [6, 6.07) is 0. The molecule has 0 aromatic rings. The third kappa shape index (κ3) is 15.5. The number of hydrogen-bond donors (Lipinski definition) is 0. The monoisotopic (exact) mass is 235 g/mol. The molecular formula is C17H31. The molecule has 0 aromatic heterocycles. The van der Waals surface area contributed by atoms with Crippen molar-refractivity contribution in [3.63, 3.8) is 0 Å². The Kier molecular flexibility index (Phi) is 15.0. The van der Waals surface area contributed by atoms with Crippen molar-refractivity contribution in [2.45, 2.75) is 84.0 Å². The van der Waals surface area contributed by atoms with Gasteiger partial charge in [-0.3, -0.25) is 0 Å². The van der Waals surface area contributed by atoms with Crippen LogP contribution in [-0.4, -0.2) is 0 Å². The fraction of sp³-hybridized carbons (Fsp3) is 0.765. The van der Waals surface area contributed by atoms with Crippen LogP contribution < -0.4 is 0 Å². The van der Waals surface area contributed by atoms with Crippen LogP contribution in [0.1, 0.15) is 84.0 Å². The summed E-state index contributed by atoms with van der Waals surface area (Å²) in [5.74, 6) is 0. The molecule has 0 fully saturated rings. The van der Waals surface area contributed by atoms with Crippen molar-refractivity contribution >= 4 is 0 Å². The van der Waals surface area contributed by atoms with Gasteiger partial charge in [-0.05, 0) is 32.1 Å². The predicted molar refractivity (Wildman–Crippen MR) is 79.1 cm³/mol. The topological polar surface area (TPSA) is 0 Å². The van der Waals surface area contributed by atoms with Gasteiger partial charge in [0.05, 0.1) is 0 Å². The molecule has 0 bridgehead atoms. The second-order valence-electron chi connectivity index (χ2n) is 4.90. The molecule has 99 valence electrons. The average Bonchev–Trinajstić information content (AvgIpc) is 2.35. The number of unbranched alkanes of at least 4 members (excludes halogenated alkanes) is 10. The number of hydrogen-bond acceptors (Lipinski definition) is 0. The molecule has 0 N–H and O–H groups in total. The van der Waals surface area contributed by atoms with Crippen LogP contribution in [-0.2, 0) is 0 Å². The molecule has 1 radical (unpaired) electrons. The lowest BCUT2D eigenvalue weighted by atomic mass is 10.1. The Labute approximate surface area is 109 Å². The molecule has 0 heterocycles. The summed E-state index contributed by atoms with van der Waals surface area (Å²) in [6.07, 6.45) is 22.4. The highest BCUT2D eigenvalue weighted by Gasteiger charge is 1.90. The molecule has 0 rings (SSSR count). The van der Waals surface area contributed by atoms with Gasteiger partial charge in [-0.25, -0.2) is 0 Å². The zero-order valence-electron chi connectivity index (χ0n) is 11.8. The van der Waals surface area contributed by atoms with E-state index in [0.29, 0.717) is 0 Å². The smallest absolute Gasteiger partial charge is 0.0345 e. The minimum atomic E-state index is 1.04. The fourth-order valence-electron chi connectivity index (χ4n) is 1.99. The van der Waals surface area contributed by atoms with Crippen LogP contribution in [0.25, 0.3) is 0 Å². The molecule has 0 amide bonds. The fourth-order valence-corrected chi connectivity index (χ4v) is 1.99. The van der Waals surface area contributed by atoms with E-state index in [-0.39, 0.29) is 0 Å². The minimum absolute atomic E-state index is 1.04. The summed E-state index contributed by atoms with van der Waals surface area (Å²) in [6.45, 7) is 7.59. The maximum absolute atomic E-state index is 5.32. The second kappa shape index (κ2) is 15.5. The average molecular weight is 235 g/mol. The van der Waals surface area contributed by atoms with Gasteiger partial charge in [0.2, 0.25) is 0 Å². The van der Waals surface area contributed by atoms with E-state index in [1.807, 2.05) is 0 Å². The van der Waals surface area contributed by atoms with Gasteiger partial charge in [0.25, 0.3) is 0 Å². The molecule has 0 aliphatic rings. The Morgan fingerprint density at radius 2 is 1.18 bits per heavy atom. The minimum Gasteiger partial charge on any atom is -0.0885 e. The molecule has 0 saturated heterocycles. The molecule has 0 aliphatic heterocycles. The van der Waals surface area contributed by atoms with Crippen LogP contribution in [0.2, 0.25) is 0 Å². The highest BCUT2D eigenvalue weighted by molar-refractivity contribution is 4.82. The Morgan fingerprint density at radius 1 is 0.647 bits per heavy atom. The summed E-state index contributed by atoms with van der Waals surface area (Å²) in [5.41, 5.74) is 0. The maximum atomic E-state index is 5.32. The molecule has 0 saturated carbocycles. The molecule has 0 heteroatoms. The Bertz CT molecular complexity index is 167. The van der Waals surface area contributed by atoms with Crippen molar-refractivity contribution < 1.29 is 0 Å². The van der Waals surface area contributed by atoms with Crippen LogP contribution in [0.3, 0.4) is 0 Å².